The van der Waals surface area contributed by atoms with Crippen molar-refractivity contribution in [2.45, 2.75) is 58.7 Å². The molecule has 0 N–H and O–H groups in total. The van der Waals surface area contributed by atoms with Crippen LogP contribution in [0.1, 0.15) is 52.9 Å². The van der Waals surface area contributed by atoms with Gasteiger partial charge in [-0.25, -0.2) is 0 Å². The van der Waals surface area contributed by atoms with E-state index in [9.17, 15) is 4.79 Å². The molecule has 0 spiro atoms. The lowest BCUT2D eigenvalue weighted by Crippen LogP contribution is -2.43. The van der Waals surface area contributed by atoms with Crippen LogP contribution in [0.2, 0.25) is 0 Å². The number of hydrogen-bond donors (Lipinski definition) is 0. The topological polar surface area (TPSA) is 35.5 Å². The molecule has 0 bridgehead atoms. The van der Waals surface area contributed by atoms with Gasteiger partial charge in [-0.15, -0.1) is 0 Å². The third-order valence-corrected chi connectivity index (χ3v) is 6.60. The molecule has 2 atom stereocenters. The highest BCUT2D eigenvalue weighted by Gasteiger charge is 2.46. The molecule has 0 unspecified atom stereocenters. The van der Waals surface area contributed by atoms with Gasteiger partial charge in [0, 0.05) is 12.7 Å². The number of allylic oxidation sites excluding steroid dienone is 4. The minimum absolute atomic E-state index is 0.0224. The van der Waals surface area contributed by atoms with Gasteiger partial charge in [-0.2, -0.15) is 0 Å². The van der Waals surface area contributed by atoms with Crippen molar-refractivity contribution >= 4 is 5.78 Å². The van der Waals surface area contributed by atoms with Gasteiger partial charge in [0.2, 0.25) is 5.79 Å². The Morgan fingerprint density at radius 3 is 2.84 bits per heavy atom. The molecular formula is C22H28O3. The molecule has 0 aromatic rings. The van der Waals surface area contributed by atoms with E-state index in [2.05, 4.69) is 20.8 Å². The number of hydrogen-bond acceptors (Lipinski definition) is 3. The molecule has 134 valence electrons. The van der Waals surface area contributed by atoms with Gasteiger partial charge in [-0.05, 0) is 78.4 Å². The van der Waals surface area contributed by atoms with Crippen molar-refractivity contribution in [1.29, 1.82) is 0 Å². The number of carbonyl (C=O) groups excluding carboxylic acids is 1. The summed E-state index contributed by atoms with van der Waals surface area (Å²) in [6, 6.07) is 0. The smallest absolute Gasteiger partial charge is 0.216 e. The Kier molecular flexibility index (Phi) is 3.93. The molecule has 0 aromatic carbocycles. The zero-order valence-electron chi connectivity index (χ0n) is 15.8. The van der Waals surface area contributed by atoms with Crippen LogP contribution in [0.5, 0.6) is 0 Å². The van der Waals surface area contributed by atoms with Crippen molar-refractivity contribution < 1.29 is 14.3 Å². The van der Waals surface area contributed by atoms with Crippen LogP contribution in [0.15, 0.2) is 46.1 Å². The Balaban J connectivity index is 1.97. The summed E-state index contributed by atoms with van der Waals surface area (Å²) in [7, 11) is 1.67. The quantitative estimate of drug-likeness (QED) is 0.696. The first-order chi connectivity index (χ1) is 11.9. The van der Waals surface area contributed by atoms with Crippen LogP contribution in [0.4, 0.5) is 0 Å². The summed E-state index contributed by atoms with van der Waals surface area (Å²) in [5.74, 6) is -0.418. The fourth-order valence-corrected chi connectivity index (χ4v) is 5.07. The molecule has 0 fully saturated rings. The Morgan fingerprint density at radius 1 is 1.28 bits per heavy atom. The first-order valence-corrected chi connectivity index (χ1v) is 9.49. The minimum Gasteiger partial charge on any atom is -0.346 e. The van der Waals surface area contributed by atoms with Gasteiger partial charge in [0.25, 0.3) is 0 Å². The van der Waals surface area contributed by atoms with E-state index in [-0.39, 0.29) is 11.2 Å². The van der Waals surface area contributed by atoms with E-state index >= 15 is 0 Å². The molecule has 3 heteroatoms. The molecule has 1 heterocycles. The molecule has 1 aliphatic heterocycles. The second kappa shape index (κ2) is 5.78. The monoisotopic (exact) mass is 340 g/mol. The number of rotatable bonds is 1. The molecule has 0 saturated heterocycles. The van der Waals surface area contributed by atoms with Gasteiger partial charge >= 0.3 is 0 Å². The van der Waals surface area contributed by atoms with Crippen LogP contribution in [0.25, 0.3) is 0 Å². The summed E-state index contributed by atoms with van der Waals surface area (Å²) < 4.78 is 12.0. The van der Waals surface area contributed by atoms with Crippen molar-refractivity contribution in [1.82, 2.24) is 0 Å². The van der Waals surface area contributed by atoms with Gasteiger partial charge in [-0.3, -0.25) is 4.79 Å². The first kappa shape index (κ1) is 17.0. The van der Waals surface area contributed by atoms with Gasteiger partial charge in [0.15, 0.2) is 5.78 Å². The summed E-state index contributed by atoms with van der Waals surface area (Å²) in [5, 5.41) is 0. The summed E-state index contributed by atoms with van der Waals surface area (Å²) in [5.41, 5.74) is 6.84. The highest BCUT2D eigenvalue weighted by Crippen LogP contribution is 2.53. The molecule has 3 nitrogen and oxygen atoms in total. The molecule has 25 heavy (non-hydrogen) atoms. The number of ether oxygens (including phenoxy) is 2. The standard InChI is InChI=1S/C22H28O3/c1-14-7-8-18-16(6-5-10-21(18,2)3)20-17(14)13-25-22(24-4)11-9-15(23)12-19(20)22/h9,11-12,14H,5-8,10,13H2,1-4H3/t14-,22+/m0/s1. The highest BCUT2D eigenvalue weighted by molar-refractivity contribution is 6.02. The van der Waals surface area contributed by atoms with Crippen molar-refractivity contribution in [3.05, 3.63) is 46.1 Å². The second-order valence-electron chi connectivity index (χ2n) is 8.49. The number of fused-ring (bicyclic) bond motifs is 3. The van der Waals surface area contributed by atoms with Gasteiger partial charge in [0.1, 0.15) is 0 Å². The predicted octanol–water partition coefficient (Wildman–Crippen LogP) is 4.66. The minimum atomic E-state index is -0.906. The largest absolute Gasteiger partial charge is 0.346 e. The zero-order chi connectivity index (χ0) is 17.8. The predicted molar refractivity (Wildman–Crippen MR) is 98.0 cm³/mol. The molecule has 4 aliphatic rings. The number of ketones is 1. The normalized spacial score (nSPS) is 34.2. The zero-order valence-corrected chi connectivity index (χ0v) is 15.8. The van der Waals surface area contributed by atoms with Crippen molar-refractivity contribution in [2.24, 2.45) is 11.3 Å². The maximum atomic E-state index is 12.2. The van der Waals surface area contributed by atoms with Gasteiger partial charge < -0.3 is 9.47 Å². The fraction of sp³-hybridized carbons (Fsp3) is 0.591. The van der Waals surface area contributed by atoms with Crippen molar-refractivity contribution in [2.75, 3.05) is 13.7 Å². The van der Waals surface area contributed by atoms with E-state index in [0.717, 1.165) is 24.8 Å². The van der Waals surface area contributed by atoms with Crippen LogP contribution < -0.4 is 0 Å². The third-order valence-electron chi connectivity index (χ3n) is 6.60. The Morgan fingerprint density at radius 2 is 2.08 bits per heavy atom. The van der Waals surface area contributed by atoms with E-state index in [1.165, 1.54) is 29.6 Å². The van der Waals surface area contributed by atoms with Crippen LogP contribution >= 0.6 is 0 Å². The van der Waals surface area contributed by atoms with Crippen LogP contribution in [-0.4, -0.2) is 25.3 Å². The third kappa shape index (κ3) is 2.51. The maximum absolute atomic E-state index is 12.2. The lowest BCUT2D eigenvalue weighted by atomic mass is 9.68. The highest BCUT2D eigenvalue weighted by atomic mass is 16.7. The molecule has 0 radical (unpaired) electrons. The van der Waals surface area contributed by atoms with Crippen molar-refractivity contribution in [3.8, 4) is 0 Å². The summed E-state index contributed by atoms with van der Waals surface area (Å²) >= 11 is 0. The molecule has 4 rings (SSSR count). The summed E-state index contributed by atoms with van der Waals surface area (Å²) in [6.45, 7) is 7.63. The SMILES string of the molecule is CO[C@@]12C=CC(=O)C=C1C1=C(CO2)[C@@H](C)CCC2=C1CCCC2(C)C. The Bertz CT molecular complexity index is 747. The number of methoxy groups -OCH3 is 1. The molecule has 3 aliphatic carbocycles. The average Bonchev–Trinajstić information content (AvgIpc) is 2.73. The van der Waals surface area contributed by atoms with Gasteiger partial charge in [-0.1, -0.05) is 26.3 Å². The molecule has 0 aromatic heterocycles. The maximum Gasteiger partial charge on any atom is 0.216 e. The average molecular weight is 340 g/mol. The molecule has 0 amide bonds. The van der Waals surface area contributed by atoms with E-state index in [4.69, 9.17) is 9.47 Å². The van der Waals surface area contributed by atoms with Crippen molar-refractivity contribution in [3.63, 3.8) is 0 Å². The lowest BCUT2D eigenvalue weighted by molar-refractivity contribution is -0.161. The van der Waals surface area contributed by atoms with Crippen LogP contribution in [0.3, 0.4) is 0 Å². The second-order valence-corrected chi connectivity index (χ2v) is 8.49. The van der Waals surface area contributed by atoms with E-state index in [0.29, 0.717) is 12.5 Å². The first-order valence-electron chi connectivity index (χ1n) is 9.49. The van der Waals surface area contributed by atoms with E-state index in [1.54, 1.807) is 30.9 Å². The fourth-order valence-electron chi connectivity index (χ4n) is 5.07. The lowest BCUT2D eigenvalue weighted by Gasteiger charge is -2.43. The summed E-state index contributed by atoms with van der Waals surface area (Å²) in [4.78, 5) is 12.2. The van der Waals surface area contributed by atoms with Crippen LogP contribution in [0, 0.1) is 11.3 Å². The van der Waals surface area contributed by atoms with E-state index in [1.807, 2.05) is 0 Å². The Hall–Kier alpha value is -1.45. The number of carbonyl (C=O) groups is 1. The molecular weight excluding hydrogens is 312 g/mol. The Labute approximate surface area is 150 Å². The van der Waals surface area contributed by atoms with E-state index < -0.39 is 5.79 Å². The molecule has 0 saturated carbocycles. The van der Waals surface area contributed by atoms with Gasteiger partial charge in [0.05, 0.1) is 6.61 Å². The van der Waals surface area contributed by atoms with Crippen LogP contribution in [-0.2, 0) is 14.3 Å². The summed E-state index contributed by atoms with van der Waals surface area (Å²) in [6.07, 6.45) is 10.9.